The van der Waals surface area contributed by atoms with Crippen molar-refractivity contribution in [1.82, 2.24) is 4.83 Å². The lowest BCUT2D eigenvalue weighted by Crippen LogP contribution is -2.18. The van der Waals surface area contributed by atoms with Crippen LogP contribution in [0.25, 0.3) is 0 Å². The third-order valence-electron chi connectivity index (χ3n) is 2.33. The van der Waals surface area contributed by atoms with Gasteiger partial charge in [-0.25, -0.2) is 4.83 Å². The van der Waals surface area contributed by atoms with Gasteiger partial charge in [-0.15, -0.1) is 0 Å². The van der Waals surface area contributed by atoms with Gasteiger partial charge in [0, 0.05) is 18.8 Å². The third kappa shape index (κ3) is 5.40. The first-order valence-corrected chi connectivity index (χ1v) is 7.70. The van der Waals surface area contributed by atoms with Crippen molar-refractivity contribution < 1.29 is 13.2 Å². The van der Waals surface area contributed by atoms with Crippen molar-refractivity contribution in [3.05, 3.63) is 24.3 Å². The molecule has 1 aromatic carbocycles. The van der Waals surface area contributed by atoms with Crippen molar-refractivity contribution >= 4 is 27.8 Å². The van der Waals surface area contributed by atoms with Gasteiger partial charge < -0.3 is 5.32 Å². The molecule has 0 spiro atoms. The fourth-order valence-corrected chi connectivity index (χ4v) is 2.16. The molecule has 1 aromatic rings. The Kier molecular flexibility index (Phi) is 5.69. The van der Waals surface area contributed by atoms with E-state index in [0.29, 0.717) is 18.0 Å². The Labute approximate surface area is 119 Å². The lowest BCUT2D eigenvalue weighted by Gasteiger charge is -2.05. The number of sulfonamides is 1. The van der Waals surface area contributed by atoms with Crippen LogP contribution in [0, 0.1) is 5.92 Å². The monoisotopic (exact) mass is 297 g/mol. The molecule has 1 rings (SSSR count). The van der Waals surface area contributed by atoms with Gasteiger partial charge in [-0.2, -0.15) is 13.5 Å². The van der Waals surface area contributed by atoms with E-state index in [-0.39, 0.29) is 10.8 Å². The van der Waals surface area contributed by atoms with E-state index in [2.05, 4.69) is 15.2 Å². The summed E-state index contributed by atoms with van der Waals surface area (Å²) < 4.78 is 23.8. The van der Waals surface area contributed by atoms with E-state index in [4.69, 9.17) is 0 Å². The summed E-state index contributed by atoms with van der Waals surface area (Å²) in [5, 5.41) is 6.26. The maximum absolute atomic E-state index is 11.9. The summed E-state index contributed by atoms with van der Waals surface area (Å²) in [6, 6.07) is 5.86. The van der Waals surface area contributed by atoms with Crippen molar-refractivity contribution in [3.63, 3.8) is 0 Å². The summed E-state index contributed by atoms with van der Waals surface area (Å²) in [5.41, 5.74) is 0.541. The van der Waals surface area contributed by atoms with Crippen LogP contribution in [-0.4, -0.2) is 20.5 Å². The molecule has 0 aliphatic carbocycles. The lowest BCUT2D eigenvalue weighted by molar-refractivity contribution is -0.114. The molecule has 0 aliphatic heterocycles. The first-order valence-electron chi connectivity index (χ1n) is 6.22. The van der Waals surface area contributed by atoms with E-state index in [1.165, 1.54) is 37.4 Å². The summed E-state index contributed by atoms with van der Waals surface area (Å²) in [7, 11) is -3.66. The zero-order chi connectivity index (χ0) is 15.2. The van der Waals surface area contributed by atoms with Crippen LogP contribution in [-0.2, 0) is 14.8 Å². The van der Waals surface area contributed by atoms with Gasteiger partial charge in [0.15, 0.2) is 0 Å². The minimum absolute atomic E-state index is 0.0910. The normalized spacial score (nSPS) is 11.8. The number of carbonyl (C=O) groups is 1. The van der Waals surface area contributed by atoms with Gasteiger partial charge >= 0.3 is 0 Å². The zero-order valence-corrected chi connectivity index (χ0v) is 12.6. The van der Waals surface area contributed by atoms with Crippen LogP contribution in [0.4, 0.5) is 5.69 Å². The summed E-state index contributed by atoms with van der Waals surface area (Å²) in [6.07, 6.45) is 2.23. The molecule has 2 N–H and O–H groups in total. The summed E-state index contributed by atoms with van der Waals surface area (Å²) >= 11 is 0. The van der Waals surface area contributed by atoms with Crippen LogP contribution in [0.15, 0.2) is 34.3 Å². The van der Waals surface area contributed by atoms with Gasteiger partial charge in [0.05, 0.1) is 4.90 Å². The highest BCUT2D eigenvalue weighted by Gasteiger charge is 2.12. The number of hydrazone groups is 1. The van der Waals surface area contributed by atoms with Gasteiger partial charge in [-0.3, -0.25) is 4.79 Å². The Morgan fingerprint density at radius 2 is 1.90 bits per heavy atom. The van der Waals surface area contributed by atoms with E-state index in [0.717, 1.165) is 0 Å². The van der Waals surface area contributed by atoms with Gasteiger partial charge in [0.25, 0.3) is 10.0 Å². The van der Waals surface area contributed by atoms with Gasteiger partial charge in [-0.1, -0.05) is 13.8 Å². The standard InChI is InChI=1S/C13H19N3O3S/c1-10(2)8-9-14-16-20(18,19)13-6-4-12(5-7-13)15-11(3)17/h4-7,9-10,16H,8H2,1-3H3,(H,15,17)/b14-9+. The lowest BCUT2D eigenvalue weighted by atomic mass is 10.2. The number of nitrogens with one attached hydrogen (secondary N) is 2. The molecule has 0 bridgehead atoms. The Bertz CT molecular complexity index is 577. The van der Waals surface area contributed by atoms with Crippen LogP contribution in [0.2, 0.25) is 0 Å². The molecule has 0 saturated heterocycles. The fourth-order valence-electron chi connectivity index (χ4n) is 1.34. The second kappa shape index (κ2) is 7.04. The van der Waals surface area contributed by atoms with Crippen molar-refractivity contribution in [1.29, 1.82) is 0 Å². The maximum atomic E-state index is 11.9. The number of amides is 1. The van der Waals surface area contributed by atoms with Crippen molar-refractivity contribution in [2.24, 2.45) is 11.0 Å². The topological polar surface area (TPSA) is 87.6 Å². The molecular weight excluding hydrogens is 278 g/mol. The summed E-state index contributed by atoms with van der Waals surface area (Å²) in [6.45, 7) is 5.41. The van der Waals surface area contributed by atoms with Crippen LogP contribution in [0.1, 0.15) is 27.2 Å². The number of rotatable bonds is 6. The van der Waals surface area contributed by atoms with Gasteiger partial charge in [0.2, 0.25) is 5.91 Å². The highest BCUT2D eigenvalue weighted by Crippen LogP contribution is 2.13. The Hall–Kier alpha value is -1.89. The predicted octanol–water partition coefficient (Wildman–Crippen LogP) is 1.96. The Morgan fingerprint density at radius 3 is 2.40 bits per heavy atom. The fraction of sp³-hybridized carbons (Fsp3) is 0.385. The molecule has 7 heteroatoms. The number of anilines is 1. The molecule has 0 fully saturated rings. The molecule has 0 radical (unpaired) electrons. The van der Waals surface area contributed by atoms with E-state index in [1.54, 1.807) is 0 Å². The molecule has 0 aliphatic rings. The Balaban J connectivity index is 2.72. The molecule has 0 heterocycles. The van der Waals surface area contributed by atoms with Crippen LogP contribution < -0.4 is 10.1 Å². The van der Waals surface area contributed by atoms with Crippen molar-refractivity contribution in [3.8, 4) is 0 Å². The SMILES string of the molecule is CC(=O)Nc1ccc(S(=O)(=O)N/N=C/CC(C)C)cc1. The van der Waals surface area contributed by atoms with Crippen molar-refractivity contribution in [2.75, 3.05) is 5.32 Å². The number of nitrogens with zero attached hydrogens (tertiary/aromatic N) is 1. The van der Waals surface area contributed by atoms with Crippen LogP contribution >= 0.6 is 0 Å². The van der Waals surface area contributed by atoms with E-state index in [1.807, 2.05) is 13.8 Å². The number of carbonyl (C=O) groups excluding carboxylic acids is 1. The first-order chi connectivity index (χ1) is 9.31. The molecule has 0 aromatic heterocycles. The predicted molar refractivity (Wildman–Crippen MR) is 79.0 cm³/mol. The molecule has 110 valence electrons. The molecule has 1 amide bonds. The highest BCUT2D eigenvalue weighted by molar-refractivity contribution is 7.89. The summed E-state index contributed by atoms with van der Waals surface area (Å²) in [5.74, 6) is 0.206. The van der Waals surface area contributed by atoms with Crippen molar-refractivity contribution in [2.45, 2.75) is 32.1 Å². The van der Waals surface area contributed by atoms with Crippen LogP contribution in [0.3, 0.4) is 0 Å². The highest BCUT2D eigenvalue weighted by atomic mass is 32.2. The number of hydrogen-bond donors (Lipinski definition) is 2. The second-order valence-corrected chi connectivity index (χ2v) is 6.40. The quantitative estimate of drug-likeness (QED) is 0.621. The smallest absolute Gasteiger partial charge is 0.276 e. The van der Waals surface area contributed by atoms with Gasteiger partial charge in [0.1, 0.15) is 0 Å². The molecule has 20 heavy (non-hydrogen) atoms. The number of benzene rings is 1. The van der Waals surface area contributed by atoms with Gasteiger partial charge in [-0.05, 0) is 36.6 Å². The number of hydrogen-bond acceptors (Lipinski definition) is 4. The zero-order valence-electron chi connectivity index (χ0n) is 11.8. The average molecular weight is 297 g/mol. The van der Waals surface area contributed by atoms with E-state index >= 15 is 0 Å². The molecular formula is C13H19N3O3S. The molecule has 0 saturated carbocycles. The molecule has 0 unspecified atom stereocenters. The largest absolute Gasteiger partial charge is 0.326 e. The molecule has 6 nitrogen and oxygen atoms in total. The minimum Gasteiger partial charge on any atom is -0.326 e. The molecule has 0 atom stereocenters. The maximum Gasteiger partial charge on any atom is 0.276 e. The van der Waals surface area contributed by atoms with E-state index < -0.39 is 10.0 Å². The average Bonchev–Trinajstić information content (AvgIpc) is 2.34. The van der Waals surface area contributed by atoms with Crippen LogP contribution in [0.5, 0.6) is 0 Å². The minimum atomic E-state index is -3.66. The third-order valence-corrected chi connectivity index (χ3v) is 3.56. The second-order valence-electron chi connectivity index (χ2n) is 4.74. The first kappa shape index (κ1) is 16.2. The summed E-state index contributed by atoms with van der Waals surface area (Å²) in [4.78, 5) is 13.1. The van der Waals surface area contributed by atoms with E-state index in [9.17, 15) is 13.2 Å². The Morgan fingerprint density at radius 1 is 1.30 bits per heavy atom.